The van der Waals surface area contributed by atoms with Gasteiger partial charge in [0.2, 0.25) is 0 Å². The Balaban J connectivity index is 1.94. The fraction of sp³-hybridized carbons (Fsp3) is 0.222. The molecule has 0 saturated carbocycles. The van der Waals surface area contributed by atoms with Gasteiger partial charge in [0.1, 0.15) is 6.04 Å². The van der Waals surface area contributed by atoms with Crippen molar-refractivity contribution in [2.75, 3.05) is 5.32 Å². The van der Waals surface area contributed by atoms with Crippen molar-refractivity contribution in [3.8, 4) is 0 Å². The molecular weight excluding hydrogens is 365 g/mol. The van der Waals surface area contributed by atoms with Gasteiger partial charge < -0.3 is 15.7 Å². The molecule has 0 spiro atoms. The Kier molecular flexibility index (Phi) is 6.57. The van der Waals surface area contributed by atoms with Crippen LogP contribution in [0.1, 0.15) is 11.1 Å². The number of carbonyl (C=O) groups is 1. The number of halogens is 3. The predicted octanol–water partition coefficient (Wildman–Crippen LogP) is 3.77. The van der Waals surface area contributed by atoms with Gasteiger partial charge in [0.25, 0.3) is 0 Å². The highest BCUT2D eigenvalue weighted by Crippen LogP contribution is 2.22. The van der Waals surface area contributed by atoms with Crippen molar-refractivity contribution < 1.29 is 23.1 Å². The number of alkyl halides is 3. The molecule has 138 valence electrons. The van der Waals surface area contributed by atoms with Gasteiger partial charge in [-0.2, -0.15) is 13.2 Å². The molecule has 0 aromatic heterocycles. The van der Waals surface area contributed by atoms with Gasteiger partial charge in [-0.05, 0) is 35.5 Å². The fourth-order valence-corrected chi connectivity index (χ4v) is 2.57. The third kappa shape index (κ3) is 6.72. The standard InChI is InChI=1S/C18H17F3N2O2S/c19-18(20,21)11-13-6-8-14(9-7-13)22-17(26)23-15(16(24)25)10-12-4-2-1-3-5-12/h1-9,15H,10-11H2,(H,24,25)(H2,22,23,26). The van der Waals surface area contributed by atoms with Crippen molar-refractivity contribution in [3.63, 3.8) is 0 Å². The Morgan fingerprint density at radius 3 is 2.19 bits per heavy atom. The summed E-state index contributed by atoms with van der Waals surface area (Å²) >= 11 is 5.10. The second-order valence-electron chi connectivity index (χ2n) is 5.67. The summed E-state index contributed by atoms with van der Waals surface area (Å²) in [4.78, 5) is 11.4. The maximum atomic E-state index is 12.3. The van der Waals surface area contributed by atoms with Gasteiger partial charge in [0, 0.05) is 12.1 Å². The van der Waals surface area contributed by atoms with Gasteiger partial charge in [-0.3, -0.25) is 0 Å². The van der Waals surface area contributed by atoms with Gasteiger partial charge >= 0.3 is 12.1 Å². The lowest BCUT2D eigenvalue weighted by atomic mass is 10.1. The predicted molar refractivity (Wildman–Crippen MR) is 97.1 cm³/mol. The molecular formula is C18H17F3N2O2S. The van der Waals surface area contributed by atoms with E-state index in [9.17, 15) is 23.1 Å². The smallest absolute Gasteiger partial charge is 0.393 e. The van der Waals surface area contributed by atoms with Crippen LogP contribution >= 0.6 is 12.2 Å². The van der Waals surface area contributed by atoms with Crippen molar-refractivity contribution in [2.24, 2.45) is 0 Å². The number of carboxylic acid groups (broad SMARTS) is 1. The number of thiocarbonyl (C=S) groups is 1. The average molecular weight is 382 g/mol. The first-order valence-corrected chi connectivity index (χ1v) is 8.14. The molecule has 2 rings (SSSR count). The minimum Gasteiger partial charge on any atom is -0.480 e. The molecule has 0 saturated heterocycles. The monoisotopic (exact) mass is 382 g/mol. The number of hydrogen-bond donors (Lipinski definition) is 3. The number of carboxylic acids is 1. The third-order valence-electron chi connectivity index (χ3n) is 3.50. The molecule has 1 atom stereocenters. The molecule has 0 aliphatic heterocycles. The van der Waals surface area contributed by atoms with Crippen LogP contribution < -0.4 is 10.6 Å². The first-order chi connectivity index (χ1) is 12.2. The molecule has 0 aliphatic carbocycles. The minimum absolute atomic E-state index is 0.0805. The number of aliphatic carboxylic acids is 1. The second kappa shape index (κ2) is 8.66. The maximum Gasteiger partial charge on any atom is 0.393 e. The van der Waals surface area contributed by atoms with Crippen LogP contribution in [-0.2, 0) is 17.6 Å². The van der Waals surface area contributed by atoms with E-state index in [1.165, 1.54) is 24.3 Å². The third-order valence-corrected chi connectivity index (χ3v) is 3.72. The van der Waals surface area contributed by atoms with Crippen LogP contribution in [0.15, 0.2) is 54.6 Å². The molecule has 26 heavy (non-hydrogen) atoms. The highest BCUT2D eigenvalue weighted by atomic mass is 32.1. The van der Waals surface area contributed by atoms with E-state index in [4.69, 9.17) is 12.2 Å². The molecule has 0 aliphatic rings. The zero-order valence-corrected chi connectivity index (χ0v) is 14.4. The Labute approximate surface area is 154 Å². The van der Waals surface area contributed by atoms with Gasteiger partial charge in [-0.15, -0.1) is 0 Å². The molecule has 3 N–H and O–H groups in total. The van der Waals surface area contributed by atoms with E-state index in [2.05, 4.69) is 10.6 Å². The molecule has 0 radical (unpaired) electrons. The highest BCUT2D eigenvalue weighted by molar-refractivity contribution is 7.80. The number of nitrogens with one attached hydrogen (secondary N) is 2. The molecule has 2 aromatic carbocycles. The Hall–Kier alpha value is -2.61. The highest BCUT2D eigenvalue weighted by Gasteiger charge is 2.27. The van der Waals surface area contributed by atoms with E-state index < -0.39 is 24.6 Å². The Bertz CT molecular complexity index is 749. The topological polar surface area (TPSA) is 61.4 Å². The van der Waals surface area contributed by atoms with Crippen LogP contribution in [0.25, 0.3) is 0 Å². The average Bonchev–Trinajstić information content (AvgIpc) is 2.55. The number of hydrogen-bond acceptors (Lipinski definition) is 2. The zero-order valence-electron chi connectivity index (χ0n) is 13.6. The molecule has 4 nitrogen and oxygen atoms in total. The summed E-state index contributed by atoms with van der Waals surface area (Å²) in [5.74, 6) is -1.06. The lowest BCUT2D eigenvalue weighted by Crippen LogP contribution is -2.44. The number of benzene rings is 2. The van der Waals surface area contributed by atoms with Crippen molar-refractivity contribution in [1.82, 2.24) is 5.32 Å². The van der Waals surface area contributed by atoms with Crippen LogP contribution in [-0.4, -0.2) is 28.4 Å². The van der Waals surface area contributed by atoms with Crippen molar-refractivity contribution in [3.05, 3.63) is 65.7 Å². The summed E-state index contributed by atoms with van der Waals surface area (Å²) in [6.45, 7) is 0. The lowest BCUT2D eigenvalue weighted by Gasteiger charge is -2.17. The largest absolute Gasteiger partial charge is 0.480 e. The second-order valence-corrected chi connectivity index (χ2v) is 6.08. The summed E-state index contributed by atoms with van der Waals surface area (Å²) in [5, 5.41) is 14.9. The van der Waals surface area contributed by atoms with E-state index in [-0.39, 0.29) is 17.1 Å². The van der Waals surface area contributed by atoms with Crippen molar-refractivity contribution >= 4 is 29.0 Å². The first-order valence-electron chi connectivity index (χ1n) is 7.73. The van der Waals surface area contributed by atoms with Crippen molar-refractivity contribution in [1.29, 1.82) is 0 Å². The first kappa shape index (κ1) is 19.7. The molecule has 0 amide bonds. The summed E-state index contributed by atoms with van der Waals surface area (Å²) in [6, 6.07) is 13.8. The van der Waals surface area contributed by atoms with Gasteiger partial charge in [-0.25, -0.2) is 4.79 Å². The van der Waals surface area contributed by atoms with E-state index >= 15 is 0 Å². The Morgan fingerprint density at radius 1 is 1.04 bits per heavy atom. The van der Waals surface area contributed by atoms with Crippen LogP contribution in [0.2, 0.25) is 0 Å². The maximum absolute atomic E-state index is 12.3. The molecule has 0 bridgehead atoms. The van der Waals surface area contributed by atoms with E-state index in [1.54, 1.807) is 0 Å². The van der Waals surface area contributed by atoms with Crippen LogP contribution in [0.5, 0.6) is 0 Å². The van der Waals surface area contributed by atoms with Crippen molar-refractivity contribution in [2.45, 2.75) is 25.1 Å². The summed E-state index contributed by atoms with van der Waals surface area (Å²) in [5.41, 5.74) is 1.44. The quantitative estimate of drug-likeness (QED) is 0.664. The van der Waals surface area contributed by atoms with E-state index in [0.29, 0.717) is 5.69 Å². The lowest BCUT2D eigenvalue weighted by molar-refractivity contribution is -0.139. The van der Waals surface area contributed by atoms with Crippen LogP contribution in [0.4, 0.5) is 18.9 Å². The molecule has 1 unspecified atom stereocenters. The summed E-state index contributed by atoms with van der Waals surface area (Å²) in [6.07, 6.45) is -5.03. The fourth-order valence-electron chi connectivity index (χ4n) is 2.31. The molecule has 0 heterocycles. The SMILES string of the molecule is O=C(O)C(Cc1ccccc1)NC(=S)Nc1ccc(CC(F)(F)F)cc1. The molecule has 0 fully saturated rings. The van der Waals surface area contributed by atoms with E-state index in [1.807, 2.05) is 30.3 Å². The number of anilines is 1. The van der Waals surface area contributed by atoms with Gasteiger partial charge in [0.15, 0.2) is 5.11 Å². The van der Waals surface area contributed by atoms with Gasteiger partial charge in [-0.1, -0.05) is 42.5 Å². The summed E-state index contributed by atoms with van der Waals surface area (Å²) < 4.78 is 37.0. The number of rotatable bonds is 6. The van der Waals surface area contributed by atoms with Gasteiger partial charge in [0.05, 0.1) is 6.42 Å². The molecule has 8 heteroatoms. The Morgan fingerprint density at radius 2 is 1.65 bits per heavy atom. The minimum atomic E-state index is -4.27. The summed E-state index contributed by atoms with van der Waals surface area (Å²) in [7, 11) is 0. The van der Waals surface area contributed by atoms with Crippen LogP contribution in [0, 0.1) is 0 Å². The zero-order chi connectivity index (χ0) is 19.2. The van der Waals surface area contributed by atoms with E-state index in [0.717, 1.165) is 5.56 Å². The normalized spacial score (nSPS) is 12.3. The van der Waals surface area contributed by atoms with Crippen LogP contribution in [0.3, 0.4) is 0 Å². The molecule has 2 aromatic rings.